The molecule has 3 aromatic carbocycles. The summed E-state index contributed by atoms with van der Waals surface area (Å²) in [6.07, 6.45) is 7.35. The lowest BCUT2D eigenvalue weighted by Gasteiger charge is -2.21. The monoisotopic (exact) mass is 529 g/mol. The van der Waals surface area contributed by atoms with E-state index in [9.17, 15) is 14.4 Å². The van der Waals surface area contributed by atoms with Crippen LogP contribution in [0.3, 0.4) is 0 Å². The summed E-state index contributed by atoms with van der Waals surface area (Å²) < 4.78 is 0. The van der Waals surface area contributed by atoms with Crippen LogP contribution in [0.25, 0.3) is 10.8 Å². The first-order chi connectivity index (χ1) is 19.0. The Bertz CT molecular complexity index is 1250. The maximum atomic E-state index is 13.1. The number of carbonyl (C=O) groups excluding carboxylic acids is 3. The molecule has 3 aromatic rings. The average Bonchev–Trinajstić information content (AvgIpc) is 2.97. The number of urea groups is 1. The van der Waals surface area contributed by atoms with Gasteiger partial charge in [-0.3, -0.25) is 9.59 Å². The molecule has 0 aromatic heterocycles. The standard InChI is InChI=1S/C31H39N5O3/c32-20-7-6-14-28(36-31(39)35-27-15-8-12-23-9-4-5-13-26(23)27)30(38)34-25-18-16-22(17-19-25)21-33-29(37)24-10-2-1-3-11-24/h4-5,8-9,12-13,15-19,24,28H,1-3,6-7,10-11,14,20-21,32H2,(H,33,37)(H,34,38)(H2,35,36,39). The molecule has 1 aliphatic rings. The lowest BCUT2D eigenvalue weighted by molar-refractivity contribution is -0.126. The van der Waals surface area contributed by atoms with E-state index in [2.05, 4.69) is 21.3 Å². The van der Waals surface area contributed by atoms with Gasteiger partial charge in [0.1, 0.15) is 6.04 Å². The summed E-state index contributed by atoms with van der Waals surface area (Å²) in [6, 6.07) is 19.7. The number of carbonyl (C=O) groups is 3. The quantitative estimate of drug-likeness (QED) is 0.216. The van der Waals surface area contributed by atoms with Crippen LogP contribution in [0.4, 0.5) is 16.2 Å². The number of fused-ring (bicyclic) bond motifs is 1. The van der Waals surface area contributed by atoms with Crippen molar-refractivity contribution in [3.8, 4) is 0 Å². The lowest BCUT2D eigenvalue weighted by Crippen LogP contribution is -2.45. The summed E-state index contributed by atoms with van der Waals surface area (Å²) in [4.78, 5) is 38.4. The summed E-state index contributed by atoms with van der Waals surface area (Å²) >= 11 is 0. The first-order valence-electron chi connectivity index (χ1n) is 14.0. The van der Waals surface area contributed by atoms with E-state index < -0.39 is 12.1 Å². The predicted molar refractivity (Wildman–Crippen MR) is 156 cm³/mol. The van der Waals surface area contributed by atoms with E-state index >= 15 is 0 Å². The van der Waals surface area contributed by atoms with Crippen LogP contribution in [0.5, 0.6) is 0 Å². The van der Waals surface area contributed by atoms with Crippen LogP contribution < -0.4 is 27.0 Å². The van der Waals surface area contributed by atoms with Crippen molar-refractivity contribution in [3.63, 3.8) is 0 Å². The zero-order valence-corrected chi connectivity index (χ0v) is 22.4. The highest BCUT2D eigenvalue weighted by atomic mass is 16.2. The molecule has 8 nitrogen and oxygen atoms in total. The molecule has 0 aliphatic heterocycles. The van der Waals surface area contributed by atoms with Crippen molar-refractivity contribution >= 4 is 40.0 Å². The van der Waals surface area contributed by atoms with Crippen molar-refractivity contribution in [2.24, 2.45) is 11.7 Å². The molecule has 0 saturated heterocycles. The summed E-state index contributed by atoms with van der Waals surface area (Å²) in [7, 11) is 0. The number of amides is 4. The molecule has 1 saturated carbocycles. The van der Waals surface area contributed by atoms with Gasteiger partial charge in [-0.15, -0.1) is 0 Å². The molecule has 0 spiro atoms. The summed E-state index contributed by atoms with van der Waals surface area (Å²) in [5, 5.41) is 13.6. The first-order valence-corrected chi connectivity index (χ1v) is 14.0. The molecular formula is C31H39N5O3. The van der Waals surface area contributed by atoms with Crippen molar-refractivity contribution in [1.29, 1.82) is 0 Å². The second-order valence-electron chi connectivity index (χ2n) is 10.2. The average molecular weight is 530 g/mol. The van der Waals surface area contributed by atoms with Gasteiger partial charge >= 0.3 is 6.03 Å². The van der Waals surface area contributed by atoms with Crippen molar-refractivity contribution < 1.29 is 14.4 Å². The molecule has 1 aliphatic carbocycles. The van der Waals surface area contributed by atoms with Gasteiger partial charge in [0, 0.05) is 23.5 Å². The van der Waals surface area contributed by atoms with Crippen molar-refractivity contribution in [2.45, 2.75) is 64.0 Å². The van der Waals surface area contributed by atoms with E-state index in [-0.39, 0.29) is 17.7 Å². The zero-order valence-electron chi connectivity index (χ0n) is 22.4. The third-order valence-electron chi connectivity index (χ3n) is 7.27. The third-order valence-corrected chi connectivity index (χ3v) is 7.27. The first kappa shape index (κ1) is 28.1. The maximum absolute atomic E-state index is 13.1. The van der Waals surface area contributed by atoms with E-state index in [1.54, 1.807) is 0 Å². The number of rotatable bonds is 11. The number of unbranched alkanes of at least 4 members (excludes halogenated alkanes) is 1. The molecule has 206 valence electrons. The molecule has 39 heavy (non-hydrogen) atoms. The molecule has 0 bridgehead atoms. The Morgan fingerprint density at radius 3 is 2.36 bits per heavy atom. The van der Waals surface area contributed by atoms with Gasteiger partial charge in [0.05, 0.1) is 5.69 Å². The number of nitrogens with two attached hydrogens (primary N) is 1. The summed E-state index contributed by atoms with van der Waals surface area (Å²) in [6.45, 7) is 0.983. The highest BCUT2D eigenvalue weighted by molar-refractivity contribution is 6.03. The fraction of sp³-hybridized carbons (Fsp3) is 0.387. The normalized spacial score (nSPS) is 14.4. The fourth-order valence-corrected chi connectivity index (χ4v) is 5.05. The molecular weight excluding hydrogens is 490 g/mol. The van der Waals surface area contributed by atoms with Gasteiger partial charge < -0.3 is 27.0 Å². The smallest absolute Gasteiger partial charge is 0.319 e. The molecule has 0 heterocycles. The second kappa shape index (κ2) is 14.3. The highest BCUT2D eigenvalue weighted by Crippen LogP contribution is 2.24. The van der Waals surface area contributed by atoms with Gasteiger partial charge in [-0.2, -0.15) is 0 Å². The van der Waals surface area contributed by atoms with Crippen molar-refractivity contribution in [1.82, 2.24) is 10.6 Å². The maximum Gasteiger partial charge on any atom is 0.319 e. The summed E-state index contributed by atoms with van der Waals surface area (Å²) in [5.74, 6) is -0.0440. The van der Waals surface area contributed by atoms with Crippen LogP contribution in [0.1, 0.15) is 56.9 Å². The fourth-order valence-electron chi connectivity index (χ4n) is 5.05. The van der Waals surface area contributed by atoms with Crippen LogP contribution in [0, 0.1) is 5.92 Å². The van der Waals surface area contributed by atoms with Crippen LogP contribution in [-0.2, 0) is 16.1 Å². The van der Waals surface area contributed by atoms with Gasteiger partial charge in [-0.1, -0.05) is 67.8 Å². The van der Waals surface area contributed by atoms with Gasteiger partial charge in [-0.25, -0.2) is 4.79 Å². The molecule has 0 radical (unpaired) electrons. The molecule has 6 N–H and O–H groups in total. The zero-order chi connectivity index (χ0) is 27.5. The highest BCUT2D eigenvalue weighted by Gasteiger charge is 2.22. The van der Waals surface area contributed by atoms with Crippen molar-refractivity contribution in [3.05, 3.63) is 72.3 Å². The van der Waals surface area contributed by atoms with E-state index in [1.165, 1.54) is 6.42 Å². The largest absolute Gasteiger partial charge is 0.352 e. The lowest BCUT2D eigenvalue weighted by atomic mass is 9.88. The molecule has 1 unspecified atom stereocenters. The van der Waals surface area contributed by atoms with E-state index in [4.69, 9.17) is 5.73 Å². The van der Waals surface area contributed by atoms with E-state index in [0.717, 1.165) is 48.4 Å². The van der Waals surface area contributed by atoms with Crippen LogP contribution in [0.15, 0.2) is 66.7 Å². The SMILES string of the molecule is NCCCCC(NC(=O)Nc1cccc2ccccc12)C(=O)Nc1ccc(CNC(=O)C2CCCCC2)cc1. The molecule has 4 rings (SSSR count). The van der Waals surface area contributed by atoms with Gasteiger partial charge in [-0.05, 0) is 67.8 Å². The van der Waals surface area contributed by atoms with Crippen LogP contribution >= 0.6 is 0 Å². The van der Waals surface area contributed by atoms with E-state index in [1.807, 2.05) is 66.7 Å². The Kier molecular flexibility index (Phi) is 10.3. The van der Waals surface area contributed by atoms with Gasteiger partial charge in [0.25, 0.3) is 0 Å². The minimum atomic E-state index is -0.721. The van der Waals surface area contributed by atoms with Gasteiger partial charge in [0.2, 0.25) is 11.8 Å². The minimum absolute atomic E-state index is 0.124. The van der Waals surface area contributed by atoms with E-state index in [0.29, 0.717) is 37.3 Å². The second-order valence-corrected chi connectivity index (χ2v) is 10.2. The summed E-state index contributed by atoms with van der Waals surface area (Å²) in [5.41, 5.74) is 7.91. The molecule has 4 amide bonds. The Labute approximate surface area is 230 Å². The third kappa shape index (κ3) is 8.29. The Hall–Kier alpha value is -3.91. The van der Waals surface area contributed by atoms with Crippen LogP contribution in [0.2, 0.25) is 0 Å². The Morgan fingerprint density at radius 1 is 0.846 bits per heavy atom. The Balaban J connectivity index is 1.33. The van der Waals surface area contributed by atoms with Crippen LogP contribution in [-0.4, -0.2) is 30.4 Å². The molecule has 1 atom stereocenters. The minimum Gasteiger partial charge on any atom is -0.352 e. The number of nitrogens with one attached hydrogen (secondary N) is 4. The van der Waals surface area contributed by atoms with Crippen molar-refractivity contribution in [2.75, 3.05) is 17.2 Å². The molecule has 1 fully saturated rings. The number of hydrogen-bond donors (Lipinski definition) is 5. The number of hydrogen-bond acceptors (Lipinski definition) is 4. The molecule has 8 heteroatoms. The number of benzene rings is 3. The predicted octanol–water partition coefficient (Wildman–Crippen LogP) is 5.29. The van der Waals surface area contributed by atoms with Gasteiger partial charge in [0.15, 0.2) is 0 Å². The Morgan fingerprint density at radius 2 is 1.59 bits per heavy atom. The number of anilines is 2. The topological polar surface area (TPSA) is 125 Å².